The lowest BCUT2D eigenvalue weighted by atomic mass is 10.2. The van der Waals surface area contributed by atoms with Gasteiger partial charge in [-0.1, -0.05) is 0 Å². The average Bonchev–Trinajstić information content (AvgIpc) is 2.36. The van der Waals surface area contributed by atoms with Crippen LogP contribution in [0.2, 0.25) is 0 Å². The van der Waals surface area contributed by atoms with Gasteiger partial charge in [0.15, 0.2) is 0 Å². The second-order valence-corrected chi connectivity index (χ2v) is 3.72. The first-order valence-corrected chi connectivity index (χ1v) is 5.93. The van der Waals surface area contributed by atoms with Gasteiger partial charge in [0.1, 0.15) is 17.5 Å². The summed E-state index contributed by atoms with van der Waals surface area (Å²) in [5.74, 6) is 0.634. The van der Waals surface area contributed by atoms with Gasteiger partial charge in [0.25, 0.3) is 0 Å². The fraction of sp³-hybridized carbons (Fsp3) is 0.462. The van der Waals surface area contributed by atoms with E-state index in [0.29, 0.717) is 25.4 Å². The Balaban J connectivity index is 2.37. The fourth-order valence-corrected chi connectivity index (χ4v) is 1.48. The molecule has 0 aliphatic carbocycles. The Morgan fingerprint density at radius 1 is 1.28 bits per heavy atom. The standard InChI is InChI=1S/C13H19NO4/c1-3-17-10-4-6-11(7-5-10)18-9-8-12(14-2)13(15)16/h4-7,12,14H,3,8-9H2,1-2H3,(H,15,16). The van der Waals surface area contributed by atoms with E-state index in [-0.39, 0.29) is 0 Å². The summed E-state index contributed by atoms with van der Waals surface area (Å²) in [5, 5.41) is 11.5. The molecule has 1 aromatic carbocycles. The highest BCUT2D eigenvalue weighted by atomic mass is 16.5. The molecule has 0 radical (unpaired) electrons. The van der Waals surface area contributed by atoms with Crippen LogP contribution in [0.4, 0.5) is 0 Å². The molecule has 1 rings (SSSR count). The molecule has 0 fully saturated rings. The van der Waals surface area contributed by atoms with Gasteiger partial charge in [0, 0.05) is 6.42 Å². The second kappa shape index (κ2) is 7.55. The van der Waals surface area contributed by atoms with E-state index in [1.165, 1.54) is 0 Å². The zero-order valence-electron chi connectivity index (χ0n) is 10.7. The molecular weight excluding hydrogens is 234 g/mol. The number of carboxylic acid groups (broad SMARTS) is 1. The van der Waals surface area contributed by atoms with Gasteiger partial charge in [-0.05, 0) is 38.2 Å². The lowest BCUT2D eigenvalue weighted by molar-refractivity contribution is -0.139. The van der Waals surface area contributed by atoms with Crippen molar-refractivity contribution in [2.45, 2.75) is 19.4 Å². The first-order valence-electron chi connectivity index (χ1n) is 5.93. The minimum Gasteiger partial charge on any atom is -0.494 e. The second-order valence-electron chi connectivity index (χ2n) is 3.72. The highest BCUT2D eigenvalue weighted by Gasteiger charge is 2.14. The van der Waals surface area contributed by atoms with Gasteiger partial charge in [-0.25, -0.2) is 0 Å². The third-order valence-electron chi connectivity index (χ3n) is 2.46. The normalized spacial score (nSPS) is 11.9. The van der Waals surface area contributed by atoms with E-state index in [0.717, 1.165) is 5.75 Å². The lowest BCUT2D eigenvalue weighted by Crippen LogP contribution is -2.35. The zero-order chi connectivity index (χ0) is 13.4. The van der Waals surface area contributed by atoms with Crippen molar-refractivity contribution in [3.8, 4) is 11.5 Å². The Labute approximate surface area is 107 Å². The summed E-state index contributed by atoms with van der Waals surface area (Å²) < 4.78 is 10.8. The molecule has 0 aliphatic rings. The van der Waals surface area contributed by atoms with Crippen LogP contribution in [0.15, 0.2) is 24.3 Å². The Morgan fingerprint density at radius 2 is 1.83 bits per heavy atom. The summed E-state index contributed by atoms with van der Waals surface area (Å²) in [5.41, 5.74) is 0. The monoisotopic (exact) mass is 253 g/mol. The predicted octanol–water partition coefficient (Wildman–Crippen LogP) is 1.53. The molecule has 5 nitrogen and oxygen atoms in total. The van der Waals surface area contributed by atoms with Crippen molar-refractivity contribution in [1.82, 2.24) is 5.32 Å². The highest BCUT2D eigenvalue weighted by Crippen LogP contribution is 2.17. The van der Waals surface area contributed by atoms with Crippen LogP contribution in [-0.2, 0) is 4.79 Å². The van der Waals surface area contributed by atoms with E-state index in [1.54, 1.807) is 19.2 Å². The molecule has 0 aromatic heterocycles. The summed E-state index contributed by atoms with van der Waals surface area (Å²) in [4.78, 5) is 10.8. The van der Waals surface area contributed by atoms with Gasteiger partial charge in [0.2, 0.25) is 0 Å². The van der Waals surface area contributed by atoms with Crippen LogP contribution >= 0.6 is 0 Å². The number of rotatable bonds is 8. The Kier molecular flexibility index (Phi) is 6.00. The van der Waals surface area contributed by atoms with Crippen molar-refractivity contribution in [3.63, 3.8) is 0 Å². The number of hydrogen-bond donors (Lipinski definition) is 2. The van der Waals surface area contributed by atoms with Crippen LogP contribution in [0.1, 0.15) is 13.3 Å². The molecule has 0 bridgehead atoms. The van der Waals surface area contributed by atoms with E-state index in [1.807, 2.05) is 19.1 Å². The number of aliphatic carboxylic acids is 1. The largest absolute Gasteiger partial charge is 0.494 e. The quantitative estimate of drug-likeness (QED) is 0.735. The van der Waals surface area contributed by atoms with Crippen molar-refractivity contribution >= 4 is 5.97 Å². The van der Waals surface area contributed by atoms with Crippen LogP contribution in [0.25, 0.3) is 0 Å². The topological polar surface area (TPSA) is 67.8 Å². The smallest absolute Gasteiger partial charge is 0.320 e. The van der Waals surface area contributed by atoms with E-state index in [2.05, 4.69) is 5.32 Å². The van der Waals surface area contributed by atoms with Gasteiger partial charge < -0.3 is 19.9 Å². The van der Waals surface area contributed by atoms with Crippen molar-refractivity contribution in [2.75, 3.05) is 20.3 Å². The molecule has 0 amide bonds. The third kappa shape index (κ3) is 4.63. The molecule has 18 heavy (non-hydrogen) atoms. The van der Waals surface area contributed by atoms with Crippen LogP contribution in [0.3, 0.4) is 0 Å². The van der Waals surface area contributed by atoms with Gasteiger partial charge in [0.05, 0.1) is 13.2 Å². The minimum absolute atomic E-state index is 0.353. The highest BCUT2D eigenvalue weighted by molar-refractivity contribution is 5.73. The minimum atomic E-state index is -0.868. The summed E-state index contributed by atoms with van der Waals surface area (Å²) in [7, 11) is 1.62. The maximum atomic E-state index is 10.8. The number of nitrogens with one attached hydrogen (secondary N) is 1. The van der Waals surface area contributed by atoms with Crippen LogP contribution < -0.4 is 14.8 Å². The SMILES string of the molecule is CCOc1ccc(OCCC(NC)C(=O)O)cc1. The molecule has 1 atom stereocenters. The zero-order valence-corrected chi connectivity index (χ0v) is 10.7. The lowest BCUT2D eigenvalue weighted by Gasteiger charge is -2.12. The van der Waals surface area contributed by atoms with Crippen molar-refractivity contribution < 1.29 is 19.4 Å². The maximum Gasteiger partial charge on any atom is 0.320 e. The summed E-state index contributed by atoms with van der Waals surface area (Å²) in [6.45, 7) is 2.91. The summed E-state index contributed by atoms with van der Waals surface area (Å²) in [6.07, 6.45) is 0.416. The number of benzene rings is 1. The van der Waals surface area contributed by atoms with E-state index >= 15 is 0 Å². The van der Waals surface area contributed by atoms with E-state index in [4.69, 9.17) is 14.6 Å². The molecule has 0 saturated carbocycles. The van der Waals surface area contributed by atoms with E-state index < -0.39 is 12.0 Å². The third-order valence-corrected chi connectivity index (χ3v) is 2.46. The van der Waals surface area contributed by atoms with Crippen LogP contribution in [0.5, 0.6) is 11.5 Å². The molecule has 0 heterocycles. The number of hydrogen-bond acceptors (Lipinski definition) is 4. The Bertz CT molecular complexity index is 364. The molecule has 2 N–H and O–H groups in total. The van der Waals surface area contributed by atoms with E-state index in [9.17, 15) is 4.79 Å². The molecule has 1 aromatic rings. The molecule has 0 aliphatic heterocycles. The predicted molar refractivity (Wildman–Crippen MR) is 68.2 cm³/mol. The van der Waals surface area contributed by atoms with Crippen LogP contribution in [0, 0.1) is 0 Å². The van der Waals surface area contributed by atoms with Gasteiger partial charge in [-0.3, -0.25) is 4.79 Å². The summed E-state index contributed by atoms with van der Waals surface area (Å²) in [6, 6.07) is 6.69. The summed E-state index contributed by atoms with van der Waals surface area (Å²) >= 11 is 0. The fourth-order valence-electron chi connectivity index (χ4n) is 1.48. The molecule has 100 valence electrons. The van der Waals surface area contributed by atoms with Crippen molar-refractivity contribution in [1.29, 1.82) is 0 Å². The van der Waals surface area contributed by atoms with Crippen LogP contribution in [-0.4, -0.2) is 37.4 Å². The molecule has 0 spiro atoms. The van der Waals surface area contributed by atoms with Crippen molar-refractivity contribution in [3.05, 3.63) is 24.3 Å². The molecule has 5 heteroatoms. The number of likely N-dealkylation sites (N-methyl/N-ethyl adjacent to an activating group) is 1. The average molecular weight is 253 g/mol. The number of ether oxygens (including phenoxy) is 2. The molecular formula is C13H19NO4. The number of carbonyl (C=O) groups is 1. The Morgan fingerprint density at radius 3 is 2.28 bits per heavy atom. The number of carboxylic acids is 1. The Hall–Kier alpha value is -1.75. The maximum absolute atomic E-state index is 10.8. The molecule has 0 saturated heterocycles. The van der Waals surface area contributed by atoms with Gasteiger partial charge in [-0.2, -0.15) is 0 Å². The van der Waals surface area contributed by atoms with Gasteiger partial charge >= 0.3 is 5.97 Å². The first kappa shape index (κ1) is 14.3. The van der Waals surface area contributed by atoms with Gasteiger partial charge in [-0.15, -0.1) is 0 Å². The molecule has 1 unspecified atom stereocenters. The first-order chi connectivity index (χ1) is 8.67. The van der Waals surface area contributed by atoms with Crippen molar-refractivity contribution in [2.24, 2.45) is 0 Å².